The molecule has 1 aromatic rings. The topological polar surface area (TPSA) is 59.9 Å². The first-order chi connectivity index (χ1) is 9.17. The fourth-order valence-electron chi connectivity index (χ4n) is 1.64. The van der Waals surface area contributed by atoms with Crippen molar-refractivity contribution < 1.29 is 14.3 Å². The number of aliphatic imine (C=N–C) groups is 1. The number of hydrogen-bond acceptors (Lipinski definition) is 5. The van der Waals surface area contributed by atoms with Crippen molar-refractivity contribution in [3.63, 3.8) is 0 Å². The van der Waals surface area contributed by atoms with E-state index in [1.54, 1.807) is 32.4 Å². The van der Waals surface area contributed by atoms with E-state index in [9.17, 15) is 4.79 Å². The van der Waals surface area contributed by atoms with Crippen LogP contribution >= 0.6 is 11.8 Å². The molecular formula is C13H14N2O3S. The van der Waals surface area contributed by atoms with Crippen molar-refractivity contribution >= 4 is 28.9 Å². The van der Waals surface area contributed by atoms with Gasteiger partial charge < -0.3 is 9.47 Å². The lowest BCUT2D eigenvalue weighted by Gasteiger charge is -2.07. The van der Waals surface area contributed by atoms with Gasteiger partial charge in [-0.15, -0.1) is 0 Å². The molecule has 0 fully saturated rings. The van der Waals surface area contributed by atoms with Crippen molar-refractivity contribution in [1.29, 1.82) is 0 Å². The average Bonchev–Trinajstić information content (AvgIpc) is 2.79. The van der Waals surface area contributed by atoms with Gasteiger partial charge in [-0.1, -0.05) is 17.8 Å². The molecule has 1 aromatic carbocycles. The van der Waals surface area contributed by atoms with Crippen LogP contribution in [0.1, 0.15) is 5.56 Å². The molecule has 0 saturated carbocycles. The van der Waals surface area contributed by atoms with Crippen LogP contribution in [-0.4, -0.2) is 31.6 Å². The third-order valence-corrected chi connectivity index (χ3v) is 3.16. The molecule has 1 aliphatic heterocycles. The Bertz CT molecular complexity index is 567. The first-order valence-corrected chi connectivity index (χ1v) is 6.78. The largest absolute Gasteiger partial charge is 0.493 e. The zero-order chi connectivity index (χ0) is 13.8. The molecule has 0 bridgehead atoms. The first kappa shape index (κ1) is 13.5. The van der Waals surface area contributed by atoms with Crippen LogP contribution in [0.3, 0.4) is 0 Å². The van der Waals surface area contributed by atoms with E-state index in [0.29, 0.717) is 22.4 Å². The molecule has 0 radical (unpaired) electrons. The summed E-state index contributed by atoms with van der Waals surface area (Å²) in [5.41, 5.74) is 1.21. The molecule has 19 heavy (non-hydrogen) atoms. The second-order valence-corrected chi connectivity index (χ2v) is 4.51. The molecule has 0 atom stereocenters. The molecule has 0 aliphatic carbocycles. The van der Waals surface area contributed by atoms with E-state index in [1.165, 1.54) is 11.8 Å². The summed E-state index contributed by atoms with van der Waals surface area (Å²) in [4.78, 5) is 15.9. The Labute approximate surface area is 115 Å². The van der Waals surface area contributed by atoms with Gasteiger partial charge in [0.25, 0.3) is 5.91 Å². The van der Waals surface area contributed by atoms with Gasteiger partial charge >= 0.3 is 0 Å². The molecule has 1 heterocycles. The Balaban J connectivity index is 2.33. The van der Waals surface area contributed by atoms with Crippen molar-refractivity contribution in [2.45, 2.75) is 0 Å². The van der Waals surface area contributed by atoms with E-state index in [1.807, 2.05) is 12.3 Å². The number of amides is 1. The molecule has 0 unspecified atom stereocenters. The molecule has 100 valence electrons. The van der Waals surface area contributed by atoms with Crippen molar-refractivity contribution in [2.24, 2.45) is 4.99 Å². The fourth-order valence-corrected chi connectivity index (χ4v) is 2.03. The van der Waals surface area contributed by atoms with Gasteiger partial charge in [-0.05, 0) is 30.0 Å². The SMILES string of the molecule is COc1ccc(/C=C2\N=C(SC)NC2=O)cc1OC. The number of rotatable bonds is 3. The fraction of sp³-hybridized carbons (Fsp3) is 0.231. The average molecular weight is 278 g/mol. The quantitative estimate of drug-likeness (QED) is 0.858. The highest BCUT2D eigenvalue weighted by atomic mass is 32.2. The van der Waals surface area contributed by atoms with Crippen molar-refractivity contribution in [3.8, 4) is 11.5 Å². The molecular weight excluding hydrogens is 264 g/mol. The Kier molecular flexibility index (Phi) is 4.11. The molecule has 0 saturated heterocycles. The number of carbonyl (C=O) groups is 1. The maximum Gasteiger partial charge on any atom is 0.275 e. The summed E-state index contributed by atoms with van der Waals surface area (Å²) in [6.45, 7) is 0. The zero-order valence-corrected chi connectivity index (χ0v) is 11.7. The Morgan fingerprint density at radius 2 is 2.00 bits per heavy atom. The normalized spacial score (nSPS) is 16.3. The Hall–Kier alpha value is -1.95. The molecule has 1 N–H and O–H groups in total. The predicted molar refractivity (Wildman–Crippen MR) is 76.6 cm³/mol. The molecule has 1 amide bonds. The van der Waals surface area contributed by atoms with Crippen LogP contribution < -0.4 is 14.8 Å². The summed E-state index contributed by atoms with van der Waals surface area (Å²) in [6, 6.07) is 5.43. The van der Waals surface area contributed by atoms with Crippen molar-refractivity contribution in [3.05, 3.63) is 29.5 Å². The van der Waals surface area contributed by atoms with E-state index < -0.39 is 0 Å². The number of benzene rings is 1. The monoisotopic (exact) mass is 278 g/mol. The number of nitrogens with one attached hydrogen (secondary N) is 1. The van der Waals surface area contributed by atoms with Gasteiger partial charge in [0.2, 0.25) is 0 Å². The lowest BCUT2D eigenvalue weighted by atomic mass is 10.1. The van der Waals surface area contributed by atoms with E-state index in [0.717, 1.165) is 5.56 Å². The molecule has 6 heteroatoms. The maximum absolute atomic E-state index is 11.7. The highest BCUT2D eigenvalue weighted by molar-refractivity contribution is 8.13. The van der Waals surface area contributed by atoms with Crippen LogP contribution in [0, 0.1) is 0 Å². The number of thioether (sulfide) groups is 1. The molecule has 2 rings (SSSR count). The van der Waals surface area contributed by atoms with E-state index in [2.05, 4.69) is 10.3 Å². The Morgan fingerprint density at radius 3 is 2.58 bits per heavy atom. The summed E-state index contributed by atoms with van der Waals surface area (Å²) in [6.07, 6.45) is 3.57. The highest BCUT2D eigenvalue weighted by Gasteiger charge is 2.19. The lowest BCUT2D eigenvalue weighted by Crippen LogP contribution is -2.21. The summed E-state index contributed by atoms with van der Waals surface area (Å²) >= 11 is 1.40. The second-order valence-electron chi connectivity index (χ2n) is 3.72. The lowest BCUT2D eigenvalue weighted by molar-refractivity contribution is -0.115. The summed E-state index contributed by atoms with van der Waals surface area (Å²) in [5.74, 6) is 1.07. The summed E-state index contributed by atoms with van der Waals surface area (Å²) in [5, 5.41) is 3.28. The van der Waals surface area contributed by atoms with Crippen molar-refractivity contribution in [2.75, 3.05) is 20.5 Å². The predicted octanol–water partition coefficient (Wildman–Crippen LogP) is 1.89. The Morgan fingerprint density at radius 1 is 1.26 bits per heavy atom. The third kappa shape index (κ3) is 2.90. The molecule has 0 spiro atoms. The summed E-state index contributed by atoms with van der Waals surface area (Å²) < 4.78 is 10.4. The minimum atomic E-state index is -0.195. The molecule has 1 aliphatic rings. The minimum absolute atomic E-state index is 0.195. The molecule has 5 nitrogen and oxygen atoms in total. The van der Waals surface area contributed by atoms with Gasteiger partial charge in [-0.2, -0.15) is 0 Å². The van der Waals surface area contributed by atoms with Crippen LogP contribution in [0.25, 0.3) is 6.08 Å². The second kappa shape index (κ2) is 5.79. The van der Waals surface area contributed by atoms with Gasteiger partial charge in [0, 0.05) is 0 Å². The van der Waals surface area contributed by atoms with E-state index >= 15 is 0 Å². The van der Waals surface area contributed by atoms with Crippen molar-refractivity contribution in [1.82, 2.24) is 5.32 Å². The van der Waals surface area contributed by atoms with Crippen LogP contribution in [0.4, 0.5) is 0 Å². The standard InChI is InChI=1S/C13H14N2O3S/c1-17-10-5-4-8(7-11(10)18-2)6-9-12(16)15-13(14-9)19-3/h4-7H,1-3H3,(H,14,15,16)/b9-6-. The number of ether oxygens (including phenoxy) is 2. The maximum atomic E-state index is 11.7. The van der Waals surface area contributed by atoms with E-state index in [4.69, 9.17) is 9.47 Å². The van der Waals surface area contributed by atoms with Gasteiger partial charge in [0.05, 0.1) is 14.2 Å². The third-order valence-electron chi connectivity index (χ3n) is 2.58. The van der Waals surface area contributed by atoms with Gasteiger partial charge in [-0.25, -0.2) is 4.99 Å². The summed E-state index contributed by atoms with van der Waals surface area (Å²) in [7, 11) is 3.15. The van der Waals surface area contributed by atoms with Gasteiger partial charge in [0.15, 0.2) is 16.7 Å². The van der Waals surface area contributed by atoms with Crippen LogP contribution in [-0.2, 0) is 4.79 Å². The van der Waals surface area contributed by atoms with E-state index in [-0.39, 0.29) is 5.91 Å². The smallest absolute Gasteiger partial charge is 0.275 e. The minimum Gasteiger partial charge on any atom is -0.493 e. The number of nitrogens with zero attached hydrogens (tertiary/aromatic N) is 1. The van der Waals surface area contributed by atoms with Crippen LogP contribution in [0.5, 0.6) is 11.5 Å². The number of amidine groups is 1. The van der Waals surface area contributed by atoms with Crippen LogP contribution in [0.2, 0.25) is 0 Å². The van der Waals surface area contributed by atoms with Gasteiger partial charge in [0.1, 0.15) is 5.70 Å². The number of hydrogen-bond donors (Lipinski definition) is 1. The first-order valence-electron chi connectivity index (χ1n) is 5.55. The molecule has 0 aromatic heterocycles. The van der Waals surface area contributed by atoms with Crippen LogP contribution in [0.15, 0.2) is 28.9 Å². The highest BCUT2D eigenvalue weighted by Crippen LogP contribution is 2.28. The number of carbonyl (C=O) groups excluding carboxylic acids is 1. The number of methoxy groups -OCH3 is 2. The van der Waals surface area contributed by atoms with Gasteiger partial charge in [-0.3, -0.25) is 10.1 Å². The zero-order valence-electron chi connectivity index (χ0n) is 10.9.